The molecule has 3 nitrogen and oxygen atoms in total. The molecule has 1 N–H and O–H groups in total. The molecule has 1 fully saturated rings. The van der Waals surface area contributed by atoms with Crippen LogP contribution < -0.4 is 5.32 Å². The number of halogens is 1. The van der Waals surface area contributed by atoms with Crippen molar-refractivity contribution in [1.29, 1.82) is 0 Å². The highest BCUT2D eigenvalue weighted by molar-refractivity contribution is 5.85. The van der Waals surface area contributed by atoms with Crippen LogP contribution in [0.2, 0.25) is 0 Å². The standard InChI is InChI=1S/C11H23NO2.ClH/c1-13-8-2-9-14-10-5-11-3-6-12-7-4-11;/h11-12H,2-10H2,1H3;1H. The van der Waals surface area contributed by atoms with E-state index in [4.69, 9.17) is 9.47 Å². The van der Waals surface area contributed by atoms with Crippen LogP contribution in [0.3, 0.4) is 0 Å². The SMILES string of the molecule is COCCCOCCC1CCNCC1.Cl. The Labute approximate surface area is 99.3 Å². The number of rotatable bonds is 7. The van der Waals surface area contributed by atoms with Crippen molar-refractivity contribution in [2.45, 2.75) is 25.7 Å². The zero-order valence-corrected chi connectivity index (χ0v) is 10.5. The molecule has 1 rings (SSSR count). The summed E-state index contributed by atoms with van der Waals surface area (Å²) in [6.07, 6.45) is 4.89. The third-order valence-corrected chi connectivity index (χ3v) is 2.77. The molecule has 0 spiro atoms. The summed E-state index contributed by atoms with van der Waals surface area (Å²) >= 11 is 0. The second kappa shape index (κ2) is 10.7. The quantitative estimate of drug-likeness (QED) is 0.686. The summed E-state index contributed by atoms with van der Waals surface area (Å²) in [4.78, 5) is 0. The van der Waals surface area contributed by atoms with Crippen molar-refractivity contribution in [1.82, 2.24) is 5.32 Å². The van der Waals surface area contributed by atoms with Gasteiger partial charge in [0.2, 0.25) is 0 Å². The Morgan fingerprint density at radius 2 is 1.87 bits per heavy atom. The molecule has 92 valence electrons. The van der Waals surface area contributed by atoms with Crippen LogP contribution in [0.25, 0.3) is 0 Å². The molecule has 0 aromatic carbocycles. The van der Waals surface area contributed by atoms with Crippen LogP contribution in [0.5, 0.6) is 0 Å². The van der Waals surface area contributed by atoms with E-state index in [2.05, 4.69) is 5.32 Å². The summed E-state index contributed by atoms with van der Waals surface area (Å²) in [6.45, 7) is 4.96. The minimum absolute atomic E-state index is 0. The second-order valence-corrected chi connectivity index (χ2v) is 3.94. The number of hydrogen-bond acceptors (Lipinski definition) is 3. The van der Waals surface area contributed by atoms with Gasteiger partial charge in [0.25, 0.3) is 0 Å². The monoisotopic (exact) mass is 237 g/mol. The average Bonchev–Trinajstić information content (AvgIpc) is 2.25. The van der Waals surface area contributed by atoms with E-state index in [1.807, 2.05) is 0 Å². The van der Waals surface area contributed by atoms with Gasteiger partial charge in [0.05, 0.1) is 0 Å². The summed E-state index contributed by atoms with van der Waals surface area (Å²) in [5.74, 6) is 0.888. The first-order chi connectivity index (χ1) is 6.93. The maximum atomic E-state index is 5.54. The molecule has 1 saturated heterocycles. The molecule has 4 heteroatoms. The molecule has 0 atom stereocenters. The van der Waals surface area contributed by atoms with Crippen molar-refractivity contribution in [3.8, 4) is 0 Å². The van der Waals surface area contributed by atoms with Crippen LogP contribution in [-0.2, 0) is 9.47 Å². The molecule has 0 aromatic rings. The normalized spacial score (nSPS) is 17.4. The van der Waals surface area contributed by atoms with Gasteiger partial charge in [0, 0.05) is 26.9 Å². The van der Waals surface area contributed by atoms with Crippen molar-refractivity contribution in [3.63, 3.8) is 0 Å². The number of piperidine rings is 1. The molecular weight excluding hydrogens is 214 g/mol. The lowest BCUT2D eigenvalue weighted by Crippen LogP contribution is -2.28. The van der Waals surface area contributed by atoms with E-state index >= 15 is 0 Å². The van der Waals surface area contributed by atoms with Crippen LogP contribution in [0, 0.1) is 5.92 Å². The highest BCUT2D eigenvalue weighted by Crippen LogP contribution is 2.15. The first-order valence-electron chi connectivity index (χ1n) is 5.71. The third-order valence-electron chi connectivity index (χ3n) is 2.77. The molecule has 0 unspecified atom stereocenters. The molecule has 1 heterocycles. The van der Waals surface area contributed by atoms with E-state index in [9.17, 15) is 0 Å². The molecule has 0 aromatic heterocycles. The Bertz CT molecular complexity index is 130. The second-order valence-electron chi connectivity index (χ2n) is 3.94. The molecule has 0 aliphatic carbocycles. The fourth-order valence-electron chi connectivity index (χ4n) is 1.83. The molecular formula is C11H24ClNO2. The first-order valence-corrected chi connectivity index (χ1v) is 5.71. The van der Waals surface area contributed by atoms with E-state index in [0.717, 1.165) is 32.2 Å². The summed E-state index contributed by atoms with van der Waals surface area (Å²) < 4.78 is 10.5. The van der Waals surface area contributed by atoms with E-state index in [1.54, 1.807) is 7.11 Å². The highest BCUT2D eigenvalue weighted by Gasteiger charge is 2.11. The van der Waals surface area contributed by atoms with Crippen LogP contribution in [0.1, 0.15) is 25.7 Å². The van der Waals surface area contributed by atoms with Crippen LogP contribution in [0.4, 0.5) is 0 Å². The van der Waals surface area contributed by atoms with Gasteiger partial charge >= 0.3 is 0 Å². The summed E-state index contributed by atoms with van der Waals surface area (Å²) in [5.41, 5.74) is 0. The van der Waals surface area contributed by atoms with Gasteiger partial charge in [0.1, 0.15) is 0 Å². The average molecular weight is 238 g/mol. The van der Waals surface area contributed by atoms with Crippen LogP contribution in [0.15, 0.2) is 0 Å². The minimum atomic E-state index is 0. The number of ether oxygens (including phenoxy) is 2. The molecule has 0 amide bonds. The van der Waals surface area contributed by atoms with E-state index in [0.29, 0.717) is 0 Å². The topological polar surface area (TPSA) is 30.5 Å². The van der Waals surface area contributed by atoms with Gasteiger partial charge in [-0.2, -0.15) is 0 Å². The smallest absolute Gasteiger partial charge is 0.0487 e. The van der Waals surface area contributed by atoms with E-state index in [1.165, 1.54) is 32.4 Å². The molecule has 0 radical (unpaired) electrons. The molecule has 1 aliphatic heterocycles. The lowest BCUT2D eigenvalue weighted by Gasteiger charge is -2.22. The van der Waals surface area contributed by atoms with E-state index in [-0.39, 0.29) is 12.4 Å². The Hall–Kier alpha value is 0.170. The van der Waals surface area contributed by atoms with Gasteiger partial charge in [-0.15, -0.1) is 12.4 Å². The third kappa shape index (κ3) is 8.03. The number of hydrogen-bond donors (Lipinski definition) is 1. The van der Waals surface area contributed by atoms with E-state index < -0.39 is 0 Å². The highest BCUT2D eigenvalue weighted by atomic mass is 35.5. The molecule has 0 bridgehead atoms. The predicted molar refractivity (Wildman–Crippen MR) is 64.8 cm³/mol. The van der Waals surface area contributed by atoms with Gasteiger partial charge in [-0.3, -0.25) is 0 Å². The Morgan fingerprint density at radius 3 is 2.53 bits per heavy atom. The zero-order chi connectivity index (χ0) is 10.1. The Balaban J connectivity index is 0.00000196. The number of nitrogens with one attached hydrogen (secondary N) is 1. The van der Waals surface area contributed by atoms with Crippen molar-refractivity contribution in [3.05, 3.63) is 0 Å². The van der Waals surface area contributed by atoms with Gasteiger partial charge in [-0.25, -0.2) is 0 Å². The van der Waals surface area contributed by atoms with Gasteiger partial charge < -0.3 is 14.8 Å². The van der Waals surface area contributed by atoms with Gasteiger partial charge in [-0.05, 0) is 44.7 Å². The van der Waals surface area contributed by atoms with Crippen LogP contribution in [-0.4, -0.2) is 40.0 Å². The lowest BCUT2D eigenvalue weighted by molar-refractivity contribution is 0.0907. The fraction of sp³-hybridized carbons (Fsp3) is 1.00. The molecule has 0 saturated carbocycles. The van der Waals surface area contributed by atoms with Gasteiger partial charge in [-0.1, -0.05) is 0 Å². The van der Waals surface area contributed by atoms with Crippen molar-refractivity contribution < 1.29 is 9.47 Å². The van der Waals surface area contributed by atoms with Crippen LogP contribution >= 0.6 is 12.4 Å². The summed E-state index contributed by atoms with van der Waals surface area (Å²) in [6, 6.07) is 0. The van der Waals surface area contributed by atoms with Gasteiger partial charge in [0.15, 0.2) is 0 Å². The Kier molecular flexibility index (Phi) is 10.8. The fourth-order valence-corrected chi connectivity index (χ4v) is 1.83. The Morgan fingerprint density at radius 1 is 1.13 bits per heavy atom. The van der Waals surface area contributed by atoms with Crippen molar-refractivity contribution >= 4 is 12.4 Å². The minimum Gasteiger partial charge on any atom is -0.385 e. The lowest BCUT2D eigenvalue weighted by atomic mass is 9.95. The predicted octanol–water partition coefficient (Wildman–Crippen LogP) is 1.85. The largest absolute Gasteiger partial charge is 0.385 e. The summed E-state index contributed by atoms with van der Waals surface area (Å²) in [5, 5.41) is 3.38. The summed E-state index contributed by atoms with van der Waals surface area (Å²) in [7, 11) is 1.73. The maximum Gasteiger partial charge on any atom is 0.0487 e. The zero-order valence-electron chi connectivity index (χ0n) is 9.67. The number of methoxy groups -OCH3 is 1. The van der Waals surface area contributed by atoms with Crippen molar-refractivity contribution in [2.24, 2.45) is 5.92 Å². The molecule has 1 aliphatic rings. The van der Waals surface area contributed by atoms with Crippen molar-refractivity contribution in [2.75, 3.05) is 40.0 Å². The maximum absolute atomic E-state index is 5.54. The molecule has 15 heavy (non-hydrogen) atoms. The first kappa shape index (κ1) is 15.2.